The van der Waals surface area contributed by atoms with Crippen molar-refractivity contribution in [3.05, 3.63) is 41.5 Å². The number of carbonyl (C=O) groups is 2. The molecular weight excluding hydrogens is 260 g/mol. The highest BCUT2D eigenvalue weighted by molar-refractivity contribution is 5.94. The molecule has 0 aliphatic heterocycles. The summed E-state index contributed by atoms with van der Waals surface area (Å²) < 4.78 is 0. The zero-order valence-electron chi connectivity index (χ0n) is 10.8. The number of nitriles is 1. The highest BCUT2D eigenvalue weighted by Crippen LogP contribution is 2.06. The molecule has 0 aliphatic rings. The number of nitrogens with zero attached hydrogens (tertiary/aromatic N) is 1. The molecule has 0 saturated heterocycles. The van der Waals surface area contributed by atoms with Gasteiger partial charge in [-0.3, -0.25) is 4.79 Å². The van der Waals surface area contributed by atoms with Gasteiger partial charge in [0.25, 0.3) is 0 Å². The summed E-state index contributed by atoms with van der Waals surface area (Å²) in [5.74, 6) is -1.95. The largest absolute Gasteiger partial charge is 0.480 e. The number of hydrogen-bond donors (Lipinski definition) is 3. The van der Waals surface area contributed by atoms with E-state index < -0.39 is 24.0 Å². The Kier molecular flexibility index (Phi) is 5.44. The number of carboxylic acid groups (broad SMARTS) is 1. The van der Waals surface area contributed by atoms with Gasteiger partial charge in [-0.15, -0.1) is 0 Å². The molecule has 104 valence electrons. The number of carboxylic acids is 1. The second kappa shape index (κ2) is 7.07. The van der Waals surface area contributed by atoms with E-state index in [9.17, 15) is 14.7 Å². The standard InChI is InChI=1S/C14H14N2O4/c1-9(17)13(14(19)20)16-12(18)6-5-10-3-2-4-11(7-10)8-15/h2-7,9,13,17H,1H3,(H,16,18)(H,19,20)/b6-5+. The minimum absolute atomic E-state index is 0.458. The third-order valence-corrected chi connectivity index (χ3v) is 2.49. The number of nitrogens with one attached hydrogen (secondary N) is 1. The van der Waals surface area contributed by atoms with E-state index in [2.05, 4.69) is 5.32 Å². The summed E-state index contributed by atoms with van der Waals surface area (Å²) >= 11 is 0. The van der Waals surface area contributed by atoms with Crippen LogP contribution in [0, 0.1) is 11.3 Å². The molecule has 0 aliphatic carbocycles. The second-order valence-electron chi connectivity index (χ2n) is 4.14. The molecule has 0 bridgehead atoms. The van der Waals surface area contributed by atoms with Crippen molar-refractivity contribution in [1.29, 1.82) is 5.26 Å². The minimum Gasteiger partial charge on any atom is -0.480 e. The number of carbonyl (C=O) groups excluding carboxylic acids is 1. The van der Waals surface area contributed by atoms with E-state index in [1.54, 1.807) is 24.3 Å². The average molecular weight is 274 g/mol. The molecule has 0 radical (unpaired) electrons. The van der Waals surface area contributed by atoms with Crippen molar-refractivity contribution < 1.29 is 19.8 Å². The van der Waals surface area contributed by atoms with E-state index in [4.69, 9.17) is 10.4 Å². The molecule has 0 heterocycles. The summed E-state index contributed by atoms with van der Waals surface area (Å²) in [4.78, 5) is 22.4. The van der Waals surface area contributed by atoms with Crippen molar-refractivity contribution in [1.82, 2.24) is 5.32 Å². The van der Waals surface area contributed by atoms with Crippen molar-refractivity contribution in [2.45, 2.75) is 19.1 Å². The zero-order chi connectivity index (χ0) is 15.1. The first-order chi connectivity index (χ1) is 9.43. The fourth-order valence-electron chi connectivity index (χ4n) is 1.47. The van der Waals surface area contributed by atoms with E-state index >= 15 is 0 Å². The number of hydrogen-bond acceptors (Lipinski definition) is 4. The summed E-state index contributed by atoms with van der Waals surface area (Å²) in [6.07, 6.45) is 1.40. The van der Waals surface area contributed by atoms with Gasteiger partial charge < -0.3 is 15.5 Å². The number of amides is 1. The molecule has 6 nitrogen and oxygen atoms in total. The van der Waals surface area contributed by atoms with Gasteiger partial charge in [-0.2, -0.15) is 5.26 Å². The molecule has 3 N–H and O–H groups in total. The zero-order valence-corrected chi connectivity index (χ0v) is 10.8. The van der Waals surface area contributed by atoms with E-state index in [1.165, 1.54) is 13.0 Å². The Bertz CT molecular complexity index is 573. The number of aliphatic hydroxyl groups is 1. The number of aliphatic carboxylic acids is 1. The van der Waals surface area contributed by atoms with Crippen LogP contribution in [0.2, 0.25) is 0 Å². The van der Waals surface area contributed by atoms with E-state index in [0.717, 1.165) is 6.08 Å². The number of benzene rings is 1. The predicted molar refractivity (Wildman–Crippen MR) is 71.4 cm³/mol. The first-order valence-electron chi connectivity index (χ1n) is 5.83. The Morgan fingerprint density at radius 3 is 2.70 bits per heavy atom. The first kappa shape index (κ1) is 15.4. The van der Waals surface area contributed by atoms with Gasteiger partial charge in [0, 0.05) is 6.08 Å². The maximum atomic E-state index is 11.6. The quantitative estimate of drug-likeness (QED) is 0.678. The Morgan fingerprint density at radius 2 is 2.15 bits per heavy atom. The van der Waals surface area contributed by atoms with Crippen LogP contribution < -0.4 is 5.32 Å². The van der Waals surface area contributed by atoms with Gasteiger partial charge in [0.15, 0.2) is 6.04 Å². The third kappa shape index (κ3) is 4.55. The highest BCUT2D eigenvalue weighted by atomic mass is 16.4. The normalized spacial score (nSPS) is 13.4. The molecule has 6 heteroatoms. The number of rotatable bonds is 5. The Morgan fingerprint density at radius 1 is 1.45 bits per heavy atom. The van der Waals surface area contributed by atoms with Crippen molar-refractivity contribution in [2.24, 2.45) is 0 Å². The minimum atomic E-state index is -1.36. The van der Waals surface area contributed by atoms with Crippen LogP contribution in [0.15, 0.2) is 30.3 Å². The van der Waals surface area contributed by atoms with Crippen molar-refractivity contribution in [3.8, 4) is 6.07 Å². The van der Waals surface area contributed by atoms with Gasteiger partial charge in [0.2, 0.25) is 5.91 Å². The molecule has 0 saturated carbocycles. The van der Waals surface area contributed by atoms with Gasteiger partial charge in [0.1, 0.15) is 0 Å². The molecule has 1 rings (SSSR count). The lowest BCUT2D eigenvalue weighted by molar-refractivity contribution is -0.144. The monoisotopic (exact) mass is 274 g/mol. The van der Waals surface area contributed by atoms with Gasteiger partial charge in [-0.1, -0.05) is 12.1 Å². The Labute approximate surface area is 116 Å². The average Bonchev–Trinajstić information content (AvgIpc) is 2.42. The third-order valence-electron chi connectivity index (χ3n) is 2.49. The van der Waals surface area contributed by atoms with E-state index in [1.807, 2.05) is 6.07 Å². The summed E-state index contributed by atoms with van der Waals surface area (Å²) in [5.41, 5.74) is 1.10. The van der Waals surface area contributed by atoms with Crippen LogP contribution in [0.1, 0.15) is 18.1 Å². The van der Waals surface area contributed by atoms with Crippen LogP contribution in [0.25, 0.3) is 6.08 Å². The smallest absolute Gasteiger partial charge is 0.328 e. The molecule has 1 aromatic carbocycles. The molecule has 2 atom stereocenters. The molecule has 0 aromatic heterocycles. The van der Waals surface area contributed by atoms with Crippen LogP contribution in [-0.4, -0.2) is 34.2 Å². The summed E-state index contributed by atoms with van der Waals surface area (Å²) in [7, 11) is 0. The Balaban J connectivity index is 2.72. The SMILES string of the molecule is CC(O)C(NC(=O)/C=C/c1cccc(C#N)c1)C(=O)O. The van der Waals surface area contributed by atoms with Crippen molar-refractivity contribution in [3.63, 3.8) is 0 Å². The van der Waals surface area contributed by atoms with Gasteiger partial charge >= 0.3 is 5.97 Å². The van der Waals surface area contributed by atoms with Crippen LogP contribution in [0.4, 0.5) is 0 Å². The number of aliphatic hydroxyl groups excluding tert-OH is 1. The molecule has 1 aromatic rings. The molecule has 2 unspecified atom stereocenters. The predicted octanol–water partition coefficient (Wildman–Crippen LogP) is 0.522. The van der Waals surface area contributed by atoms with Crippen molar-refractivity contribution >= 4 is 18.0 Å². The van der Waals surface area contributed by atoms with Gasteiger partial charge in [-0.25, -0.2) is 4.79 Å². The van der Waals surface area contributed by atoms with E-state index in [0.29, 0.717) is 11.1 Å². The first-order valence-corrected chi connectivity index (χ1v) is 5.83. The fraction of sp³-hybridized carbons (Fsp3) is 0.214. The van der Waals surface area contributed by atoms with Gasteiger partial charge in [-0.05, 0) is 30.7 Å². The lowest BCUT2D eigenvalue weighted by Crippen LogP contribution is -2.47. The van der Waals surface area contributed by atoms with Crippen molar-refractivity contribution in [2.75, 3.05) is 0 Å². The molecule has 1 amide bonds. The molecule has 0 fully saturated rings. The lowest BCUT2D eigenvalue weighted by atomic mass is 10.1. The van der Waals surface area contributed by atoms with E-state index in [-0.39, 0.29) is 0 Å². The molecule has 20 heavy (non-hydrogen) atoms. The van der Waals surface area contributed by atoms with Gasteiger partial charge in [0.05, 0.1) is 17.7 Å². The maximum absolute atomic E-state index is 11.6. The van der Waals surface area contributed by atoms with Crippen LogP contribution in [0.5, 0.6) is 0 Å². The Hall–Kier alpha value is -2.65. The fourth-order valence-corrected chi connectivity index (χ4v) is 1.47. The summed E-state index contributed by atoms with van der Waals surface area (Å²) in [6.45, 7) is 1.28. The topological polar surface area (TPSA) is 110 Å². The molecule has 0 spiro atoms. The molecular formula is C14H14N2O4. The summed E-state index contributed by atoms with van der Waals surface area (Å²) in [6, 6.07) is 7.20. The highest BCUT2D eigenvalue weighted by Gasteiger charge is 2.23. The summed E-state index contributed by atoms with van der Waals surface area (Å²) in [5, 5.41) is 28.9. The maximum Gasteiger partial charge on any atom is 0.328 e. The lowest BCUT2D eigenvalue weighted by Gasteiger charge is -2.15. The van der Waals surface area contributed by atoms with Crippen LogP contribution >= 0.6 is 0 Å². The van der Waals surface area contributed by atoms with Crippen LogP contribution in [-0.2, 0) is 9.59 Å². The van der Waals surface area contributed by atoms with Crippen LogP contribution in [0.3, 0.4) is 0 Å². The second-order valence-corrected chi connectivity index (χ2v) is 4.14.